The van der Waals surface area contributed by atoms with Gasteiger partial charge in [0.2, 0.25) is 0 Å². The molecule has 23 heavy (non-hydrogen) atoms. The number of amides is 2. The zero-order valence-corrected chi connectivity index (χ0v) is 13.5. The van der Waals surface area contributed by atoms with Gasteiger partial charge in [-0.15, -0.1) is 0 Å². The Morgan fingerprint density at radius 2 is 2.13 bits per heavy atom. The van der Waals surface area contributed by atoms with E-state index in [4.69, 9.17) is 4.74 Å². The van der Waals surface area contributed by atoms with Crippen molar-refractivity contribution in [2.75, 3.05) is 19.8 Å². The van der Waals surface area contributed by atoms with Crippen molar-refractivity contribution in [2.24, 2.45) is 0 Å². The Labute approximate surface area is 136 Å². The molecule has 2 aromatic rings. The summed E-state index contributed by atoms with van der Waals surface area (Å²) in [6.07, 6.45) is 2.67. The van der Waals surface area contributed by atoms with Gasteiger partial charge in [0.05, 0.1) is 11.0 Å². The fourth-order valence-corrected chi connectivity index (χ4v) is 3.00. The average Bonchev–Trinajstić information content (AvgIpc) is 2.88. The molecule has 1 saturated heterocycles. The number of hydrogen-bond donors (Lipinski definition) is 2. The number of para-hydroxylation sites is 2. The first kappa shape index (κ1) is 15.8. The lowest BCUT2D eigenvalue weighted by Crippen LogP contribution is -2.44. The topological polar surface area (TPSA) is 68.2 Å². The van der Waals surface area contributed by atoms with Gasteiger partial charge in [0.15, 0.2) is 0 Å². The molecule has 0 radical (unpaired) electrons. The van der Waals surface area contributed by atoms with Gasteiger partial charge in [0.1, 0.15) is 5.82 Å². The lowest BCUT2D eigenvalue weighted by Gasteiger charge is -2.23. The molecule has 0 bridgehead atoms. The van der Waals surface area contributed by atoms with Crippen molar-refractivity contribution in [3.05, 3.63) is 30.1 Å². The van der Waals surface area contributed by atoms with E-state index in [1.165, 1.54) is 0 Å². The third-order valence-electron chi connectivity index (χ3n) is 4.25. The molecule has 1 aliphatic heterocycles. The van der Waals surface area contributed by atoms with Gasteiger partial charge in [-0.3, -0.25) is 0 Å². The lowest BCUT2D eigenvalue weighted by atomic mass is 10.1. The Morgan fingerprint density at radius 1 is 1.35 bits per heavy atom. The highest BCUT2D eigenvalue weighted by molar-refractivity contribution is 5.76. The summed E-state index contributed by atoms with van der Waals surface area (Å²) < 4.78 is 7.49. The Morgan fingerprint density at radius 3 is 2.96 bits per heavy atom. The summed E-state index contributed by atoms with van der Waals surface area (Å²) in [5.74, 6) is 1.01. The molecule has 2 N–H and O–H groups in total. The predicted octanol–water partition coefficient (Wildman–Crippen LogP) is 2.21. The highest BCUT2D eigenvalue weighted by Gasteiger charge is 2.15. The lowest BCUT2D eigenvalue weighted by molar-refractivity contribution is 0.0801. The number of nitrogens with zero attached hydrogens (tertiary/aromatic N) is 2. The van der Waals surface area contributed by atoms with Crippen molar-refractivity contribution in [3.63, 3.8) is 0 Å². The molecule has 1 aliphatic rings. The standard InChI is InChI=1S/C17H24N4O2/c1-13-19-15-5-2-3-6-16(15)21(13)10-4-9-18-17(22)20-14-7-11-23-12-8-14/h2-3,5-6,14H,4,7-12H2,1H3,(H2,18,20,22). The van der Waals surface area contributed by atoms with Crippen molar-refractivity contribution in [3.8, 4) is 0 Å². The molecule has 0 spiro atoms. The predicted molar refractivity (Wildman–Crippen MR) is 89.5 cm³/mol. The summed E-state index contributed by atoms with van der Waals surface area (Å²) in [5.41, 5.74) is 2.17. The van der Waals surface area contributed by atoms with Crippen molar-refractivity contribution in [1.82, 2.24) is 20.2 Å². The highest BCUT2D eigenvalue weighted by Crippen LogP contribution is 2.15. The minimum atomic E-state index is -0.0795. The third kappa shape index (κ3) is 4.01. The average molecular weight is 316 g/mol. The second-order valence-corrected chi connectivity index (χ2v) is 5.94. The molecule has 0 saturated carbocycles. The van der Waals surface area contributed by atoms with Crippen LogP contribution >= 0.6 is 0 Å². The fraction of sp³-hybridized carbons (Fsp3) is 0.529. The Kier molecular flexibility index (Phi) is 5.12. The molecule has 6 nitrogen and oxygen atoms in total. The normalized spacial score (nSPS) is 15.7. The van der Waals surface area contributed by atoms with Crippen LogP contribution in [0.2, 0.25) is 0 Å². The number of benzene rings is 1. The van der Waals surface area contributed by atoms with Gasteiger partial charge in [-0.1, -0.05) is 12.1 Å². The van der Waals surface area contributed by atoms with E-state index in [-0.39, 0.29) is 12.1 Å². The van der Waals surface area contributed by atoms with Crippen molar-refractivity contribution >= 4 is 17.1 Å². The van der Waals surface area contributed by atoms with Crippen LogP contribution in [0.1, 0.15) is 25.1 Å². The summed E-state index contributed by atoms with van der Waals surface area (Å²) in [6, 6.07) is 8.30. The number of aromatic nitrogens is 2. The second-order valence-electron chi connectivity index (χ2n) is 5.94. The van der Waals surface area contributed by atoms with Crippen LogP contribution in [0.4, 0.5) is 4.79 Å². The summed E-state index contributed by atoms with van der Waals surface area (Å²) in [4.78, 5) is 16.4. The van der Waals surface area contributed by atoms with Gasteiger partial charge in [-0.2, -0.15) is 0 Å². The maximum Gasteiger partial charge on any atom is 0.315 e. The van der Waals surface area contributed by atoms with E-state index in [1.807, 2.05) is 25.1 Å². The molecule has 1 aromatic heterocycles. The van der Waals surface area contributed by atoms with Gasteiger partial charge in [0, 0.05) is 32.3 Å². The van der Waals surface area contributed by atoms with Gasteiger partial charge in [-0.05, 0) is 38.3 Å². The van der Waals surface area contributed by atoms with E-state index >= 15 is 0 Å². The minimum absolute atomic E-state index is 0.0795. The molecular formula is C17H24N4O2. The van der Waals surface area contributed by atoms with E-state index < -0.39 is 0 Å². The van der Waals surface area contributed by atoms with E-state index in [1.54, 1.807) is 0 Å². The number of aryl methyl sites for hydroxylation is 2. The molecule has 1 fully saturated rings. The molecule has 0 aliphatic carbocycles. The van der Waals surface area contributed by atoms with E-state index in [2.05, 4.69) is 26.3 Å². The number of nitrogens with one attached hydrogen (secondary N) is 2. The summed E-state index contributed by atoms with van der Waals surface area (Å²) in [5, 5.41) is 5.94. The second kappa shape index (κ2) is 7.46. The van der Waals surface area contributed by atoms with Crippen LogP contribution in [0.15, 0.2) is 24.3 Å². The summed E-state index contributed by atoms with van der Waals surface area (Å²) in [6.45, 7) is 4.99. The van der Waals surface area contributed by atoms with Crippen LogP contribution in [0.3, 0.4) is 0 Å². The maximum atomic E-state index is 11.9. The molecule has 3 rings (SSSR count). The van der Waals surface area contributed by atoms with Gasteiger partial charge in [-0.25, -0.2) is 9.78 Å². The van der Waals surface area contributed by atoms with Crippen LogP contribution < -0.4 is 10.6 Å². The minimum Gasteiger partial charge on any atom is -0.381 e. The third-order valence-corrected chi connectivity index (χ3v) is 4.25. The smallest absolute Gasteiger partial charge is 0.315 e. The first-order valence-electron chi connectivity index (χ1n) is 8.28. The zero-order valence-electron chi connectivity index (χ0n) is 13.5. The van der Waals surface area contributed by atoms with Crippen LogP contribution in [0, 0.1) is 6.92 Å². The fourth-order valence-electron chi connectivity index (χ4n) is 3.00. The number of hydrogen-bond acceptors (Lipinski definition) is 3. The molecular weight excluding hydrogens is 292 g/mol. The van der Waals surface area contributed by atoms with Gasteiger partial charge >= 0.3 is 6.03 Å². The van der Waals surface area contributed by atoms with E-state index in [0.29, 0.717) is 6.54 Å². The Hall–Kier alpha value is -2.08. The highest BCUT2D eigenvalue weighted by atomic mass is 16.5. The number of carbonyl (C=O) groups is 1. The van der Waals surface area contributed by atoms with E-state index in [9.17, 15) is 4.79 Å². The van der Waals surface area contributed by atoms with Crippen LogP contribution in [-0.4, -0.2) is 41.4 Å². The number of carbonyl (C=O) groups excluding carboxylic acids is 1. The molecule has 0 atom stereocenters. The number of rotatable bonds is 5. The first-order valence-corrected chi connectivity index (χ1v) is 8.28. The zero-order chi connectivity index (χ0) is 16.1. The largest absolute Gasteiger partial charge is 0.381 e. The van der Waals surface area contributed by atoms with Crippen molar-refractivity contribution in [2.45, 2.75) is 38.8 Å². The quantitative estimate of drug-likeness (QED) is 0.831. The summed E-state index contributed by atoms with van der Waals surface area (Å²) >= 11 is 0. The summed E-state index contributed by atoms with van der Waals surface area (Å²) in [7, 11) is 0. The van der Waals surface area contributed by atoms with Crippen molar-refractivity contribution < 1.29 is 9.53 Å². The van der Waals surface area contributed by atoms with Gasteiger partial charge in [0.25, 0.3) is 0 Å². The number of imidazole rings is 1. The van der Waals surface area contributed by atoms with Crippen LogP contribution in [0.25, 0.3) is 11.0 Å². The Balaban J connectivity index is 1.44. The Bertz CT molecular complexity index is 662. The molecule has 124 valence electrons. The SMILES string of the molecule is Cc1nc2ccccc2n1CCCNC(=O)NC1CCOCC1. The molecule has 0 unspecified atom stereocenters. The molecule has 2 amide bonds. The monoisotopic (exact) mass is 316 g/mol. The van der Waals surface area contributed by atoms with Crippen molar-refractivity contribution in [1.29, 1.82) is 0 Å². The maximum absolute atomic E-state index is 11.9. The van der Waals surface area contributed by atoms with Crippen LogP contribution in [0.5, 0.6) is 0 Å². The van der Waals surface area contributed by atoms with E-state index in [0.717, 1.165) is 55.9 Å². The first-order chi connectivity index (χ1) is 11.2. The number of fused-ring (bicyclic) bond motifs is 1. The molecule has 6 heteroatoms. The number of ether oxygens (including phenoxy) is 1. The van der Waals surface area contributed by atoms with Crippen LogP contribution in [-0.2, 0) is 11.3 Å². The molecule has 1 aromatic carbocycles. The van der Waals surface area contributed by atoms with Gasteiger partial charge < -0.3 is 19.9 Å². The molecule has 2 heterocycles. The number of urea groups is 1.